The lowest BCUT2D eigenvalue weighted by molar-refractivity contribution is 1.19. The lowest BCUT2D eigenvalue weighted by atomic mass is 10.2. The number of rotatable bonds is 1. The van der Waals surface area contributed by atoms with Crippen LogP contribution >= 0.6 is 56.5 Å². The standard InChI is InChI=1S/C10H8I2S/c1-2-7-5-8-9(12)3-6(11)4-10(8)13-7/h3-5H,2H2,1H3. The zero-order chi connectivity index (χ0) is 9.42. The van der Waals surface area contributed by atoms with Crippen molar-refractivity contribution in [2.75, 3.05) is 0 Å². The van der Waals surface area contributed by atoms with E-state index in [0.29, 0.717) is 0 Å². The summed E-state index contributed by atoms with van der Waals surface area (Å²) in [5, 5.41) is 1.42. The van der Waals surface area contributed by atoms with Crippen LogP contribution in [0.25, 0.3) is 10.1 Å². The zero-order valence-corrected chi connectivity index (χ0v) is 12.2. The first-order chi connectivity index (χ1) is 6.20. The van der Waals surface area contributed by atoms with Gasteiger partial charge in [-0.05, 0) is 69.8 Å². The molecule has 2 aromatic rings. The van der Waals surface area contributed by atoms with Crippen molar-refractivity contribution in [3.05, 3.63) is 30.2 Å². The average molecular weight is 414 g/mol. The van der Waals surface area contributed by atoms with Crippen LogP contribution in [0.4, 0.5) is 0 Å². The third-order valence-electron chi connectivity index (χ3n) is 1.95. The van der Waals surface area contributed by atoms with Crippen molar-refractivity contribution in [2.24, 2.45) is 0 Å². The molecule has 1 heterocycles. The number of benzene rings is 1. The quantitative estimate of drug-likeness (QED) is 0.596. The van der Waals surface area contributed by atoms with Gasteiger partial charge in [0.2, 0.25) is 0 Å². The van der Waals surface area contributed by atoms with Crippen molar-refractivity contribution in [1.29, 1.82) is 0 Å². The van der Waals surface area contributed by atoms with Gasteiger partial charge in [0.1, 0.15) is 0 Å². The zero-order valence-electron chi connectivity index (χ0n) is 7.10. The molecule has 13 heavy (non-hydrogen) atoms. The second-order valence-corrected chi connectivity index (χ2v) is 6.44. The molecular weight excluding hydrogens is 406 g/mol. The summed E-state index contributed by atoms with van der Waals surface area (Å²) in [5.41, 5.74) is 0. The minimum Gasteiger partial charge on any atom is -0.140 e. The third kappa shape index (κ3) is 2.02. The Kier molecular flexibility index (Phi) is 3.14. The molecule has 0 aliphatic carbocycles. The molecule has 2 rings (SSSR count). The van der Waals surface area contributed by atoms with Crippen molar-refractivity contribution < 1.29 is 0 Å². The maximum atomic E-state index is 2.42. The fraction of sp³-hybridized carbons (Fsp3) is 0.200. The Morgan fingerprint density at radius 1 is 1.23 bits per heavy atom. The molecule has 0 nitrogen and oxygen atoms in total. The average Bonchev–Trinajstić information content (AvgIpc) is 2.47. The lowest BCUT2D eigenvalue weighted by Gasteiger charge is -1.94. The smallest absolute Gasteiger partial charge is 0.0366 e. The first-order valence-electron chi connectivity index (χ1n) is 4.08. The van der Waals surface area contributed by atoms with E-state index >= 15 is 0 Å². The second kappa shape index (κ2) is 4.02. The largest absolute Gasteiger partial charge is 0.140 e. The molecular formula is C10H8I2S. The molecule has 0 fully saturated rings. The van der Waals surface area contributed by atoms with Crippen molar-refractivity contribution in [2.45, 2.75) is 13.3 Å². The summed E-state index contributed by atoms with van der Waals surface area (Å²) >= 11 is 6.71. The van der Waals surface area contributed by atoms with Crippen molar-refractivity contribution >= 4 is 66.6 Å². The van der Waals surface area contributed by atoms with E-state index in [0.717, 1.165) is 6.42 Å². The minimum absolute atomic E-state index is 1.14. The van der Waals surface area contributed by atoms with Crippen LogP contribution in [0.2, 0.25) is 0 Å². The molecule has 0 bridgehead atoms. The predicted octanol–water partition coefficient (Wildman–Crippen LogP) is 4.67. The van der Waals surface area contributed by atoms with Gasteiger partial charge in [-0.2, -0.15) is 0 Å². The fourth-order valence-electron chi connectivity index (χ4n) is 1.29. The van der Waals surface area contributed by atoms with Crippen molar-refractivity contribution in [3.8, 4) is 0 Å². The summed E-state index contributed by atoms with van der Waals surface area (Å²) in [6.45, 7) is 2.21. The summed E-state index contributed by atoms with van der Waals surface area (Å²) in [6, 6.07) is 6.81. The number of aryl methyl sites for hydroxylation is 1. The molecule has 0 spiro atoms. The molecule has 68 valence electrons. The van der Waals surface area contributed by atoms with Gasteiger partial charge in [-0.15, -0.1) is 11.3 Å². The van der Waals surface area contributed by atoms with E-state index in [1.54, 1.807) is 0 Å². The fourth-order valence-corrected chi connectivity index (χ4v) is 4.75. The number of halogens is 2. The summed E-state index contributed by atoms with van der Waals surface area (Å²) in [5.74, 6) is 0. The van der Waals surface area contributed by atoms with Crippen LogP contribution in [0.3, 0.4) is 0 Å². The highest BCUT2D eigenvalue weighted by Crippen LogP contribution is 2.31. The molecule has 0 aliphatic heterocycles. The Labute approximate surface area is 109 Å². The van der Waals surface area contributed by atoms with Crippen LogP contribution in [-0.2, 0) is 6.42 Å². The van der Waals surface area contributed by atoms with Gasteiger partial charge in [0.15, 0.2) is 0 Å². The van der Waals surface area contributed by atoms with Crippen molar-refractivity contribution in [3.63, 3.8) is 0 Å². The molecule has 0 saturated carbocycles. The van der Waals surface area contributed by atoms with E-state index in [1.807, 2.05) is 11.3 Å². The van der Waals surface area contributed by atoms with Gasteiger partial charge in [0.25, 0.3) is 0 Å². The van der Waals surface area contributed by atoms with Gasteiger partial charge in [0.05, 0.1) is 0 Å². The minimum atomic E-state index is 1.14. The molecule has 3 heteroatoms. The van der Waals surface area contributed by atoms with Crippen LogP contribution in [0, 0.1) is 7.14 Å². The number of hydrogen-bond donors (Lipinski definition) is 0. The molecule has 0 atom stereocenters. The van der Waals surface area contributed by atoms with Gasteiger partial charge >= 0.3 is 0 Å². The Balaban J connectivity index is 2.75. The maximum Gasteiger partial charge on any atom is 0.0366 e. The highest BCUT2D eigenvalue weighted by Gasteiger charge is 2.04. The molecule has 0 saturated heterocycles. The van der Waals surface area contributed by atoms with Gasteiger partial charge in [-0.1, -0.05) is 6.92 Å². The number of fused-ring (bicyclic) bond motifs is 1. The summed E-state index contributed by atoms with van der Waals surface area (Å²) < 4.78 is 4.13. The van der Waals surface area contributed by atoms with E-state index in [9.17, 15) is 0 Å². The van der Waals surface area contributed by atoms with Gasteiger partial charge < -0.3 is 0 Å². The molecule has 0 unspecified atom stereocenters. The lowest BCUT2D eigenvalue weighted by Crippen LogP contribution is -1.74. The summed E-state index contributed by atoms with van der Waals surface area (Å²) in [7, 11) is 0. The molecule has 0 N–H and O–H groups in total. The van der Waals surface area contributed by atoms with E-state index in [2.05, 4.69) is 70.3 Å². The first-order valence-corrected chi connectivity index (χ1v) is 7.05. The summed E-state index contributed by atoms with van der Waals surface area (Å²) in [4.78, 5) is 1.48. The van der Waals surface area contributed by atoms with Crippen LogP contribution in [0.15, 0.2) is 18.2 Å². The topological polar surface area (TPSA) is 0 Å². The van der Waals surface area contributed by atoms with Crippen LogP contribution in [0.5, 0.6) is 0 Å². The Bertz CT molecular complexity index is 445. The Morgan fingerprint density at radius 2 is 2.00 bits per heavy atom. The highest BCUT2D eigenvalue weighted by atomic mass is 127. The highest BCUT2D eigenvalue weighted by molar-refractivity contribution is 14.1. The summed E-state index contributed by atoms with van der Waals surface area (Å²) in [6.07, 6.45) is 1.14. The molecule has 0 amide bonds. The van der Waals surface area contributed by atoms with Gasteiger partial charge in [-0.25, -0.2) is 0 Å². The van der Waals surface area contributed by atoms with Crippen LogP contribution in [0.1, 0.15) is 11.8 Å². The second-order valence-electron chi connectivity index (χ2n) is 2.87. The first kappa shape index (κ1) is 10.2. The van der Waals surface area contributed by atoms with Gasteiger partial charge in [0, 0.05) is 22.1 Å². The molecule has 0 radical (unpaired) electrons. The molecule has 1 aromatic heterocycles. The van der Waals surface area contributed by atoms with E-state index < -0.39 is 0 Å². The normalized spacial score (nSPS) is 11.0. The maximum absolute atomic E-state index is 2.42. The van der Waals surface area contributed by atoms with E-state index in [-0.39, 0.29) is 0 Å². The monoisotopic (exact) mass is 414 g/mol. The third-order valence-corrected chi connectivity index (χ3v) is 4.69. The van der Waals surface area contributed by atoms with Crippen LogP contribution < -0.4 is 0 Å². The van der Waals surface area contributed by atoms with E-state index in [4.69, 9.17) is 0 Å². The van der Waals surface area contributed by atoms with Crippen molar-refractivity contribution in [1.82, 2.24) is 0 Å². The number of thiophene rings is 1. The van der Waals surface area contributed by atoms with E-state index in [1.165, 1.54) is 22.1 Å². The van der Waals surface area contributed by atoms with Gasteiger partial charge in [-0.3, -0.25) is 0 Å². The van der Waals surface area contributed by atoms with Crippen LogP contribution in [-0.4, -0.2) is 0 Å². The molecule has 0 aliphatic rings. The SMILES string of the molecule is CCc1cc2c(I)cc(I)cc2s1. The Morgan fingerprint density at radius 3 is 2.69 bits per heavy atom. The number of hydrogen-bond acceptors (Lipinski definition) is 1. The Hall–Kier alpha value is 0.640. The molecule has 1 aromatic carbocycles. The predicted molar refractivity (Wildman–Crippen MR) is 76.6 cm³/mol.